The second kappa shape index (κ2) is 6.87. The third-order valence-electron chi connectivity index (χ3n) is 3.32. The molecule has 0 bridgehead atoms. The van der Waals surface area contributed by atoms with Gasteiger partial charge in [0.2, 0.25) is 5.88 Å². The van der Waals surface area contributed by atoms with E-state index in [4.69, 9.17) is 9.47 Å². The zero-order chi connectivity index (χ0) is 13.7. The van der Waals surface area contributed by atoms with E-state index in [1.54, 1.807) is 0 Å². The predicted molar refractivity (Wildman–Crippen MR) is 75.3 cm³/mol. The predicted octanol–water partition coefficient (Wildman–Crippen LogP) is 2.53. The third kappa shape index (κ3) is 4.48. The molecule has 1 fully saturated rings. The van der Waals surface area contributed by atoms with Crippen LogP contribution >= 0.6 is 0 Å². The highest BCUT2D eigenvalue weighted by Crippen LogP contribution is 2.23. The van der Waals surface area contributed by atoms with E-state index in [0.717, 1.165) is 31.8 Å². The van der Waals surface area contributed by atoms with E-state index in [0.29, 0.717) is 0 Å². The van der Waals surface area contributed by atoms with Gasteiger partial charge in [-0.15, -0.1) is 0 Å². The average molecular weight is 264 g/mol. The minimum absolute atomic E-state index is 0.209. The van der Waals surface area contributed by atoms with Gasteiger partial charge in [-0.2, -0.15) is 0 Å². The molecule has 1 aliphatic rings. The summed E-state index contributed by atoms with van der Waals surface area (Å²) in [6.45, 7) is 8.12. The molecule has 2 heterocycles. The maximum atomic E-state index is 6.00. The number of pyridine rings is 1. The molecule has 1 aromatic heterocycles. The standard InChI is InChI=1S/C15H24N2O2/c1-4-16-10-13-5-6-17-15(9-13)19-14-7-11(2)18-12(3)8-14/h5-6,9,11-12,14,16H,4,7-8,10H2,1-3H3. The Balaban J connectivity index is 1.94. The van der Waals surface area contributed by atoms with Gasteiger partial charge in [0.25, 0.3) is 0 Å². The van der Waals surface area contributed by atoms with Gasteiger partial charge < -0.3 is 14.8 Å². The summed E-state index contributed by atoms with van der Waals surface area (Å²) in [5.74, 6) is 0.724. The molecule has 1 aromatic rings. The van der Waals surface area contributed by atoms with Crippen LogP contribution in [0, 0.1) is 0 Å². The van der Waals surface area contributed by atoms with Crippen LogP contribution in [0.15, 0.2) is 18.3 Å². The summed E-state index contributed by atoms with van der Waals surface area (Å²) in [7, 11) is 0. The minimum Gasteiger partial charge on any atom is -0.474 e. The summed E-state index contributed by atoms with van der Waals surface area (Å²) in [6.07, 6.45) is 4.42. The van der Waals surface area contributed by atoms with Crippen molar-refractivity contribution in [2.75, 3.05) is 6.54 Å². The van der Waals surface area contributed by atoms with Gasteiger partial charge in [0.05, 0.1) is 12.2 Å². The van der Waals surface area contributed by atoms with E-state index < -0.39 is 0 Å². The van der Waals surface area contributed by atoms with Crippen molar-refractivity contribution in [1.29, 1.82) is 0 Å². The quantitative estimate of drug-likeness (QED) is 0.887. The summed E-state index contributed by atoms with van der Waals surface area (Å²) in [5, 5.41) is 3.31. The SMILES string of the molecule is CCNCc1ccnc(OC2CC(C)OC(C)C2)c1. The number of nitrogens with one attached hydrogen (secondary N) is 1. The largest absolute Gasteiger partial charge is 0.474 e. The molecule has 0 radical (unpaired) electrons. The molecular weight excluding hydrogens is 240 g/mol. The van der Waals surface area contributed by atoms with Gasteiger partial charge in [-0.05, 0) is 32.0 Å². The molecule has 1 aliphatic heterocycles. The van der Waals surface area contributed by atoms with E-state index in [2.05, 4.69) is 31.1 Å². The first-order valence-corrected chi connectivity index (χ1v) is 7.15. The van der Waals surface area contributed by atoms with E-state index in [9.17, 15) is 0 Å². The summed E-state index contributed by atoms with van der Waals surface area (Å²) >= 11 is 0. The molecular formula is C15H24N2O2. The second-order valence-electron chi connectivity index (χ2n) is 5.25. The molecule has 4 nitrogen and oxygen atoms in total. The van der Waals surface area contributed by atoms with Gasteiger partial charge in [0, 0.05) is 31.6 Å². The lowest BCUT2D eigenvalue weighted by Gasteiger charge is -2.31. The number of ether oxygens (including phenoxy) is 2. The Morgan fingerprint density at radius 1 is 1.37 bits per heavy atom. The van der Waals surface area contributed by atoms with Crippen LogP contribution in [-0.2, 0) is 11.3 Å². The zero-order valence-electron chi connectivity index (χ0n) is 12.1. The van der Waals surface area contributed by atoms with Crippen molar-refractivity contribution < 1.29 is 9.47 Å². The van der Waals surface area contributed by atoms with Crippen molar-refractivity contribution in [3.8, 4) is 5.88 Å². The molecule has 4 heteroatoms. The van der Waals surface area contributed by atoms with Gasteiger partial charge >= 0.3 is 0 Å². The van der Waals surface area contributed by atoms with Crippen LogP contribution in [0.1, 0.15) is 39.2 Å². The van der Waals surface area contributed by atoms with Crippen LogP contribution in [0.4, 0.5) is 0 Å². The molecule has 2 rings (SSSR count). The van der Waals surface area contributed by atoms with Crippen LogP contribution in [0.3, 0.4) is 0 Å². The maximum absolute atomic E-state index is 6.00. The topological polar surface area (TPSA) is 43.4 Å². The second-order valence-corrected chi connectivity index (χ2v) is 5.25. The summed E-state index contributed by atoms with van der Waals surface area (Å²) in [5.41, 5.74) is 1.21. The highest BCUT2D eigenvalue weighted by molar-refractivity contribution is 5.20. The van der Waals surface area contributed by atoms with E-state index in [1.165, 1.54) is 5.56 Å². The summed E-state index contributed by atoms with van der Waals surface area (Å²) in [4.78, 5) is 4.30. The summed E-state index contributed by atoms with van der Waals surface area (Å²) < 4.78 is 11.7. The molecule has 0 amide bonds. The highest BCUT2D eigenvalue weighted by Gasteiger charge is 2.26. The Bertz CT molecular complexity index is 387. The Morgan fingerprint density at radius 3 is 2.79 bits per heavy atom. The molecule has 0 aliphatic carbocycles. The van der Waals surface area contributed by atoms with Crippen molar-refractivity contribution >= 4 is 0 Å². The molecule has 0 aromatic carbocycles. The minimum atomic E-state index is 0.209. The molecule has 2 unspecified atom stereocenters. The van der Waals surface area contributed by atoms with Crippen LogP contribution in [0.2, 0.25) is 0 Å². The number of hydrogen-bond acceptors (Lipinski definition) is 4. The monoisotopic (exact) mass is 264 g/mol. The fraction of sp³-hybridized carbons (Fsp3) is 0.667. The van der Waals surface area contributed by atoms with E-state index in [-0.39, 0.29) is 18.3 Å². The lowest BCUT2D eigenvalue weighted by atomic mass is 10.0. The number of nitrogens with zero attached hydrogens (tertiary/aromatic N) is 1. The van der Waals surface area contributed by atoms with Crippen LogP contribution in [0.25, 0.3) is 0 Å². The van der Waals surface area contributed by atoms with Crippen LogP contribution in [-0.4, -0.2) is 29.8 Å². The first-order valence-electron chi connectivity index (χ1n) is 7.15. The lowest BCUT2D eigenvalue weighted by molar-refractivity contribution is -0.0729. The summed E-state index contributed by atoms with van der Waals surface area (Å²) in [6, 6.07) is 4.04. The normalized spacial score (nSPS) is 27.2. The van der Waals surface area contributed by atoms with Gasteiger partial charge in [-0.3, -0.25) is 0 Å². The Labute approximate surface area is 115 Å². The lowest BCUT2D eigenvalue weighted by Crippen LogP contribution is -2.35. The molecule has 106 valence electrons. The Kier molecular flexibility index (Phi) is 5.16. The fourth-order valence-corrected chi connectivity index (χ4v) is 2.51. The van der Waals surface area contributed by atoms with Crippen LogP contribution in [0.5, 0.6) is 5.88 Å². The zero-order valence-corrected chi connectivity index (χ0v) is 12.1. The van der Waals surface area contributed by atoms with Gasteiger partial charge in [-0.1, -0.05) is 6.92 Å². The number of rotatable bonds is 5. The Morgan fingerprint density at radius 2 is 2.11 bits per heavy atom. The molecule has 0 saturated carbocycles. The van der Waals surface area contributed by atoms with Crippen molar-refractivity contribution in [3.63, 3.8) is 0 Å². The first-order chi connectivity index (χ1) is 9.17. The average Bonchev–Trinajstić information content (AvgIpc) is 2.35. The highest BCUT2D eigenvalue weighted by atomic mass is 16.5. The van der Waals surface area contributed by atoms with Gasteiger partial charge in [0.15, 0.2) is 0 Å². The van der Waals surface area contributed by atoms with Crippen LogP contribution < -0.4 is 10.1 Å². The molecule has 2 atom stereocenters. The van der Waals surface area contributed by atoms with E-state index in [1.807, 2.05) is 18.3 Å². The van der Waals surface area contributed by atoms with Crippen molar-refractivity contribution in [1.82, 2.24) is 10.3 Å². The van der Waals surface area contributed by atoms with E-state index >= 15 is 0 Å². The smallest absolute Gasteiger partial charge is 0.213 e. The Hall–Kier alpha value is -1.13. The fourth-order valence-electron chi connectivity index (χ4n) is 2.51. The van der Waals surface area contributed by atoms with Gasteiger partial charge in [0.1, 0.15) is 6.10 Å². The molecule has 1 saturated heterocycles. The third-order valence-corrected chi connectivity index (χ3v) is 3.32. The molecule has 19 heavy (non-hydrogen) atoms. The first kappa shape index (κ1) is 14.3. The number of hydrogen-bond donors (Lipinski definition) is 1. The maximum Gasteiger partial charge on any atom is 0.213 e. The molecule has 0 spiro atoms. The van der Waals surface area contributed by atoms with Crippen molar-refractivity contribution in [2.45, 2.75) is 58.5 Å². The number of aromatic nitrogens is 1. The van der Waals surface area contributed by atoms with Crippen molar-refractivity contribution in [3.05, 3.63) is 23.9 Å². The van der Waals surface area contributed by atoms with Crippen molar-refractivity contribution in [2.24, 2.45) is 0 Å². The van der Waals surface area contributed by atoms with Gasteiger partial charge in [-0.25, -0.2) is 4.98 Å². The molecule has 1 N–H and O–H groups in total.